The summed E-state index contributed by atoms with van der Waals surface area (Å²) in [5, 5.41) is 10.8. The first-order valence-corrected chi connectivity index (χ1v) is 10.1. The lowest BCUT2D eigenvalue weighted by molar-refractivity contribution is -0.137. The van der Waals surface area contributed by atoms with Crippen LogP contribution in [0.15, 0.2) is 55.1 Å². The van der Waals surface area contributed by atoms with Crippen LogP contribution >= 0.6 is 0 Å². The Bertz CT molecular complexity index is 1270. The number of anilines is 1. The number of pyridine rings is 1. The molecule has 0 saturated heterocycles. The van der Waals surface area contributed by atoms with E-state index in [4.69, 9.17) is 0 Å². The van der Waals surface area contributed by atoms with Gasteiger partial charge < -0.3 is 15.6 Å². The van der Waals surface area contributed by atoms with Gasteiger partial charge in [0.15, 0.2) is 5.82 Å². The molecule has 1 saturated carbocycles. The second-order valence-electron chi connectivity index (χ2n) is 7.82. The number of nitrogens with one attached hydrogen (secondary N) is 3. The number of fused-ring (bicyclic) bond motifs is 1. The Morgan fingerprint density at radius 3 is 2.72 bits per heavy atom. The summed E-state index contributed by atoms with van der Waals surface area (Å²) in [6, 6.07) is 7.72. The molecular formula is C22H19F3N6O. The highest BCUT2D eigenvalue weighted by Crippen LogP contribution is 2.31. The number of urea groups is 1. The number of amides is 2. The van der Waals surface area contributed by atoms with Crippen molar-refractivity contribution in [3.63, 3.8) is 0 Å². The van der Waals surface area contributed by atoms with Crippen LogP contribution in [0, 0.1) is 5.92 Å². The molecule has 5 rings (SSSR count). The van der Waals surface area contributed by atoms with E-state index >= 15 is 0 Å². The Balaban J connectivity index is 1.36. The standard InChI is InChI=1S/C22H19F3N6O/c23-22(24,25)16-4-6-20(27-10-16)31-12-15(9-29-31)14-3-5-18-17(7-14)19(11-26-18)30-21(32)28-8-13-1-2-13/h3-7,9-13,26H,1-2,8H2,(H2,28,30,32). The summed E-state index contributed by atoms with van der Waals surface area (Å²) < 4.78 is 39.7. The van der Waals surface area contributed by atoms with E-state index in [9.17, 15) is 18.0 Å². The number of H-pyrrole nitrogens is 1. The first-order valence-electron chi connectivity index (χ1n) is 10.1. The van der Waals surface area contributed by atoms with Crippen LogP contribution in [0.3, 0.4) is 0 Å². The number of hydrogen-bond acceptors (Lipinski definition) is 3. The summed E-state index contributed by atoms with van der Waals surface area (Å²) in [6.07, 6.45) is 3.71. The highest BCUT2D eigenvalue weighted by molar-refractivity contribution is 6.02. The Kier molecular flexibility index (Phi) is 4.84. The van der Waals surface area contributed by atoms with E-state index in [1.807, 2.05) is 18.2 Å². The molecule has 32 heavy (non-hydrogen) atoms. The van der Waals surface area contributed by atoms with Gasteiger partial charge in [-0.1, -0.05) is 6.07 Å². The van der Waals surface area contributed by atoms with Crippen LogP contribution in [0.4, 0.5) is 23.7 Å². The van der Waals surface area contributed by atoms with Crippen LogP contribution in [-0.4, -0.2) is 32.3 Å². The van der Waals surface area contributed by atoms with Gasteiger partial charge in [0.25, 0.3) is 0 Å². The van der Waals surface area contributed by atoms with E-state index in [1.165, 1.54) is 10.7 Å². The van der Waals surface area contributed by atoms with E-state index < -0.39 is 11.7 Å². The fourth-order valence-corrected chi connectivity index (χ4v) is 3.42. The molecule has 1 aliphatic rings. The van der Waals surface area contributed by atoms with Gasteiger partial charge in [-0.05, 0) is 48.6 Å². The molecule has 0 aliphatic heterocycles. The minimum Gasteiger partial charge on any atom is -0.359 e. The van der Waals surface area contributed by atoms with Gasteiger partial charge in [-0.3, -0.25) is 0 Å². The van der Waals surface area contributed by atoms with Crippen molar-refractivity contribution in [3.05, 3.63) is 60.7 Å². The lowest BCUT2D eigenvalue weighted by atomic mass is 10.1. The van der Waals surface area contributed by atoms with Crippen molar-refractivity contribution in [1.29, 1.82) is 0 Å². The third-order valence-electron chi connectivity index (χ3n) is 5.40. The van der Waals surface area contributed by atoms with E-state index in [2.05, 4.69) is 25.7 Å². The van der Waals surface area contributed by atoms with Gasteiger partial charge in [-0.25, -0.2) is 14.5 Å². The van der Waals surface area contributed by atoms with Crippen LogP contribution < -0.4 is 10.6 Å². The van der Waals surface area contributed by atoms with Gasteiger partial charge >= 0.3 is 12.2 Å². The fraction of sp³-hybridized carbons (Fsp3) is 0.227. The van der Waals surface area contributed by atoms with E-state index in [1.54, 1.807) is 18.6 Å². The van der Waals surface area contributed by atoms with Crippen molar-refractivity contribution in [2.75, 3.05) is 11.9 Å². The third-order valence-corrected chi connectivity index (χ3v) is 5.40. The topological polar surface area (TPSA) is 87.6 Å². The largest absolute Gasteiger partial charge is 0.417 e. The van der Waals surface area contributed by atoms with Crippen molar-refractivity contribution in [3.8, 4) is 16.9 Å². The predicted octanol–water partition coefficient (Wildman–Crippen LogP) is 4.97. The van der Waals surface area contributed by atoms with Crippen molar-refractivity contribution < 1.29 is 18.0 Å². The van der Waals surface area contributed by atoms with E-state index in [-0.39, 0.29) is 11.8 Å². The molecule has 0 unspecified atom stereocenters. The molecule has 3 heterocycles. The SMILES string of the molecule is O=C(NCC1CC1)Nc1c[nH]c2ccc(-c3cnn(-c4ccc(C(F)(F)F)cn4)c3)cc12. The molecular weight excluding hydrogens is 421 g/mol. The molecule has 4 aromatic rings. The number of hydrogen-bond donors (Lipinski definition) is 3. The number of rotatable bonds is 5. The maximum atomic E-state index is 12.7. The Morgan fingerprint density at radius 2 is 2.00 bits per heavy atom. The average Bonchev–Trinajstić information content (AvgIpc) is 3.33. The Morgan fingerprint density at radius 1 is 1.16 bits per heavy atom. The predicted molar refractivity (Wildman–Crippen MR) is 113 cm³/mol. The fourth-order valence-electron chi connectivity index (χ4n) is 3.42. The zero-order valence-corrected chi connectivity index (χ0v) is 16.8. The average molecular weight is 440 g/mol. The number of carbonyl (C=O) groups excluding carboxylic acids is 1. The minimum absolute atomic E-state index is 0.246. The number of nitrogens with zero attached hydrogens (tertiary/aromatic N) is 3. The molecule has 164 valence electrons. The number of aromatic amines is 1. The zero-order valence-electron chi connectivity index (χ0n) is 16.8. The zero-order chi connectivity index (χ0) is 22.3. The second kappa shape index (κ2) is 7.70. The van der Waals surface area contributed by atoms with Gasteiger partial charge in [0, 0.05) is 41.6 Å². The van der Waals surface area contributed by atoms with Gasteiger partial charge in [0.05, 0.1) is 17.4 Å². The summed E-state index contributed by atoms with van der Waals surface area (Å²) in [5.74, 6) is 0.868. The van der Waals surface area contributed by atoms with Crippen LogP contribution in [0.25, 0.3) is 27.8 Å². The summed E-state index contributed by atoms with van der Waals surface area (Å²) in [7, 11) is 0. The van der Waals surface area contributed by atoms with Crippen molar-refractivity contribution in [1.82, 2.24) is 25.1 Å². The molecule has 1 aromatic carbocycles. The molecule has 0 radical (unpaired) electrons. The molecule has 10 heteroatoms. The van der Waals surface area contributed by atoms with Crippen LogP contribution in [-0.2, 0) is 6.18 Å². The Labute approximate surface area is 180 Å². The number of benzene rings is 1. The van der Waals surface area contributed by atoms with Crippen LogP contribution in [0.2, 0.25) is 0 Å². The molecule has 0 atom stereocenters. The van der Waals surface area contributed by atoms with Gasteiger partial charge in [0.1, 0.15) is 0 Å². The summed E-state index contributed by atoms with van der Waals surface area (Å²) in [6.45, 7) is 0.677. The molecule has 7 nitrogen and oxygen atoms in total. The number of halogens is 3. The quantitative estimate of drug-likeness (QED) is 0.410. The van der Waals surface area contributed by atoms with Crippen molar-refractivity contribution in [2.45, 2.75) is 19.0 Å². The molecule has 3 aromatic heterocycles. The molecule has 2 amide bonds. The lowest BCUT2D eigenvalue weighted by Crippen LogP contribution is -2.30. The molecule has 3 N–H and O–H groups in total. The summed E-state index contributed by atoms with van der Waals surface area (Å²) in [4.78, 5) is 19.2. The monoisotopic (exact) mass is 440 g/mol. The number of alkyl halides is 3. The lowest BCUT2D eigenvalue weighted by Gasteiger charge is -2.07. The number of aromatic nitrogens is 4. The Hall–Kier alpha value is -3.82. The van der Waals surface area contributed by atoms with Crippen molar-refractivity contribution in [2.24, 2.45) is 5.92 Å². The molecule has 1 aliphatic carbocycles. The van der Waals surface area contributed by atoms with Gasteiger partial charge in [-0.15, -0.1) is 0 Å². The highest BCUT2D eigenvalue weighted by Gasteiger charge is 2.30. The van der Waals surface area contributed by atoms with Crippen LogP contribution in [0.5, 0.6) is 0 Å². The second-order valence-corrected chi connectivity index (χ2v) is 7.82. The van der Waals surface area contributed by atoms with E-state index in [0.29, 0.717) is 18.2 Å². The molecule has 0 spiro atoms. The highest BCUT2D eigenvalue weighted by atomic mass is 19.4. The first-order chi connectivity index (χ1) is 15.4. The molecule has 0 bridgehead atoms. The van der Waals surface area contributed by atoms with Crippen molar-refractivity contribution >= 4 is 22.6 Å². The third kappa shape index (κ3) is 4.16. The van der Waals surface area contributed by atoms with Crippen LogP contribution in [0.1, 0.15) is 18.4 Å². The maximum absolute atomic E-state index is 12.7. The summed E-state index contributed by atoms with van der Waals surface area (Å²) >= 11 is 0. The minimum atomic E-state index is -4.44. The summed E-state index contributed by atoms with van der Waals surface area (Å²) in [5.41, 5.74) is 2.32. The molecule has 1 fully saturated rings. The smallest absolute Gasteiger partial charge is 0.359 e. The number of carbonyl (C=O) groups is 1. The van der Waals surface area contributed by atoms with E-state index in [0.717, 1.165) is 47.1 Å². The normalized spacial score (nSPS) is 14.0. The van der Waals surface area contributed by atoms with Gasteiger partial charge in [0.2, 0.25) is 0 Å². The maximum Gasteiger partial charge on any atom is 0.417 e. The van der Waals surface area contributed by atoms with Gasteiger partial charge in [-0.2, -0.15) is 18.3 Å². The first kappa shape index (κ1) is 20.1.